The highest BCUT2D eigenvalue weighted by molar-refractivity contribution is 8.03. The van der Waals surface area contributed by atoms with Gasteiger partial charge in [-0.25, -0.2) is 4.98 Å². The summed E-state index contributed by atoms with van der Waals surface area (Å²) < 4.78 is 5.98. The minimum Gasteiger partial charge on any atom is -0.464 e. The zero-order valence-corrected chi connectivity index (χ0v) is 13.7. The van der Waals surface area contributed by atoms with Gasteiger partial charge in [-0.15, -0.1) is 11.3 Å². The molecule has 1 unspecified atom stereocenters. The number of nitrogens with zero attached hydrogens (tertiary/aromatic N) is 1. The Kier molecular flexibility index (Phi) is 2.96. The fourth-order valence-electron chi connectivity index (χ4n) is 2.73. The number of hydrogen-bond acceptors (Lipinski definition) is 5. The summed E-state index contributed by atoms with van der Waals surface area (Å²) in [5.41, 5.74) is 2.34. The Labute approximate surface area is 142 Å². The molecule has 5 rings (SSSR count). The third-order valence-electron chi connectivity index (χ3n) is 3.81. The van der Waals surface area contributed by atoms with Crippen molar-refractivity contribution < 1.29 is 4.74 Å². The highest BCUT2D eigenvalue weighted by atomic mass is 32.2. The zero-order valence-electron chi connectivity index (χ0n) is 12.0. The smallest absolute Gasteiger partial charge is 0.233 e. The highest BCUT2D eigenvalue weighted by Crippen LogP contribution is 2.42. The number of aromatic nitrogens is 1. The number of benzene rings is 1. The molecule has 0 saturated heterocycles. The van der Waals surface area contributed by atoms with Gasteiger partial charge in [-0.05, 0) is 29.9 Å². The molecule has 3 nitrogen and oxygen atoms in total. The van der Waals surface area contributed by atoms with E-state index in [1.165, 1.54) is 10.5 Å². The predicted octanol–water partition coefficient (Wildman–Crippen LogP) is 4.93. The number of thioether (sulfide) groups is 1. The first-order chi connectivity index (χ1) is 11.3. The second-order valence-electron chi connectivity index (χ2n) is 5.38. The lowest BCUT2D eigenvalue weighted by atomic mass is 10.0. The molecule has 0 amide bonds. The first-order valence-electron chi connectivity index (χ1n) is 7.35. The minimum absolute atomic E-state index is 0.00154. The van der Waals surface area contributed by atoms with Gasteiger partial charge < -0.3 is 10.1 Å². The molecule has 2 aromatic rings. The second kappa shape index (κ2) is 5.15. The van der Waals surface area contributed by atoms with Gasteiger partial charge in [0, 0.05) is 11.0 Å². The van der Waals surface area contributed by atoms with Crippen LogP contribution in [-0.4, -0.2) is 11.1 Å². The molecule has 1 aromatic carbocycles. The van der Waals surface area contributed by atoms with Crippen LogP contribution in [0, 0.1) is 0 Å². The summed E-state index contributed by atoms with van der Waals surface area (Å²) in [5, 5.41) is 5.48. The Hall–Kier alpha value is -2.24. The molecular weight excluding hydrogens is 324 g/mol. The molecule has 3 heterocycles. The van der Waals surface area contributed by atoms with Crippen molar-refractivity contribution in [2.24, 2.45) is 0 Å². The van der Waals surface area contributed by atoms with Crippen LogP contribution in [0.3, 0.4) is 0 Å². The third kappa shape index (κ3) is 2.33. The molecule has 0 saturated carbocycles. The summed E-state index contributed by atoms with van der Waals surface area (Å²) in [4.78, 5) is 6.97. The Morgan fingerprint density at radius 3 is 3.13 bits per heavy atom. The molecule has 0 fully saturated rings. The van der Waals surface area contributed by atoms with Crippen molar-refractivity contribution >= 4 is 40.9 Å². The molecule has 0 bridgehead atoms. The molecule has 112 valence electrons. The van der Waals surface area contributed by atoms with Crippen LogP contribution in [0.1, 0.15) is 9.88 Å². The van der Waals surface area contributed by atoms with E-state index in [9.17, 15) is 0 Å². The monoisotopic (exact) mass is 336 g/mol. The van der Waals surface area contributed by atoms with Gasteiger partial charge >= 0.3 is 0 Å². The topological polar surface area (TPSA) is 34.2 Å². The first-order valence-corrected chi connectivity index (χ1v) is 8.98. The number of ether oxygens (including phenoxy) is 1. The van der Waals surface area contributed by atoms with Crippen LogP contribution in [0.4, 0.5) is 5.69 Å². The van der Waals surface area contributed by atoms with E-state index in [1.54, 1.807) is 23.1 Å². The van der Waals surface area contributed by atoms with E-state index in [2.05, 4.69) is 52.8 Å². The number of allylic oxidation sites excluding steroid dienone is 2. The average molecular weight is 336 g/mol. The maximum Gasteiger partial charge on any atom is 0.233 e. The van der Waals surface area contributed by atoms with Crippen LogP contribution in [-0.2, 0) is 0 Å². The van der Waals surface area contributed by atoms with Gasteiger partial charge in [0.25, 0.3) is 0 Å². The van der Waals surface area contributed by atoms with Gasteiger partial charge in [0.2, 0.25) is 5.88 Å². The average Bonchev–Trinajstić information content (AvgIpc) is 3.14. The van der Waals surface area contributed by atoms with Gasteiger partial charge in [-0.2, -0.15) is 0 Å². The van der Waals surface area contributed by atoms with Crippen molar-refractivity contribution in [3.8, 4) is 5.88 Å². The summed E-state index contributed by atoms with van der Waals surface area (Å²) >= 11 is 3.39. The first kappa shape index (κ1) is 13.2. The molecule has 1 atom stereocenters. The molecule has 5 heteroatoms. The van der Waals surface area contributed by atoms with Crippen molar-refractivity contribution in [1.29, 1.82) is 0 Å². The molecule has 23 heavy (non-hydrogen) atoms. The summed E-state index contributed by atoms with van der Waals surface area (Å²) in [6.07, 6.45) is 12.5. The van der Waals surface area contributed by atoms with E-state index in [0.717, 1.165) is 26.5 Å². The molecule has 2 aliphatic heterocycles. The van der Waals surface area contributed by atoms with E-state index >= 15 is 0 Å². The number of nitrogens with one attached hydrogen (secondary N) is 1. The number of anilines is 1. The largest absolute Gasteiger partial charge is 0.464 e. The van der Waals surface area contributed by atoms with Gasteiger partial charge in [-0.1, -0.05) is 42.1 Å². The summed E-state index contributed by atoms with van der Waals surface area (Å²) in [6.45, 7) is 0. The van der Waals surface area contributed by atoms with E-state index in [0.29, 0.717) is 0 Å². The van der Waals surface area contributed by atoms with Crippen molar-refractivity contribution in [3.63, 3.8) is 0 Å². The third-order valence-corrected chi connectivity index (χ3v) is 5.75. The molecule has 1 aromatic heterocycles. The Bertz CT molecular complexity index is 894. The molecule has 1 N–H and O–H groups in total. The number of thiazole rings is 1. The van der Waals surface area contributed by atoms with Crippen molar-refractivity contribution in [1.82, 2.24) is 4.98 Å². The van der Waals surface area contributed by atoms with E-state index in [1.807, 2.05) is 18.2 Å². The number of rotatable bonds is 1. The fraction of sp³-hybridized carbons (Fsp3) is 0.0556. The van der Waals surface area contributed by atoms with Crippen LogP contribution < -0.4 is 10.1 Å². The predicted molar refractivity (Wildman–Crippen MR) is 96.7 cm³/mol. The Balaban J connectivity index is 1.46. The fourth-order valence-corrected chi connectivity index (χ4v) is 4.66. The molecule has 1 aliphatic carbocycles. The van der Waals surface area contributed by atoms with Crippen LogP contribution in [0.2, 0.25) is 0 Å². The summed E-state index contributed by atoms with van der Waals surface area (Å²) in [5.74, 6) is 0.732. The van der Waals surface area contributed by atoms with Gasteiger partial charge in [0.15, 0.2) is 0 Å². The van der Waals surface area contributed by atoms with Crippen LogP contribution in [0.25, 0.3) is 12.2 Å². The highest BCUT2D eigenvalue weighted by Gasteiger charge is 2.24. The maximum absolute atomic E-state index is 5.98. The van der Waals surface area contributed by atoms with Gasteiger partial charge in [0.05, 0.1) is 15.6 Å². The van der Waals surface area contributed by atoms with Gasteiger partial charge in [-0.3, -0.25) is 0 Å². The maximum atomic E-state index is 5.98. The minimum atomic E-state index is -0.00154. The lowest BCUT2D eigenvalue weighted by Crippen LogP contribution is -2.20. The summed E-state index contributed by atoms with van der Waals surface area (Å²) in [6, 6.07) is 8.31. The molecule has 0 spiro atoms. The SMILES string of the molecule is C1=CC2=Cc3sc(C=C4Nc5ccccc5S4)nc3OC2C=C1. The standard InChI is InChI=1S/C18H12N2OS2/c1-3-7-13-11(5-1)9-15-18(21-13)20-17(23-15)10-16-19-12-6-2-4-8-14(12)22-16/h1-10,13,19H. The lowest BCUT2D eigenvalue weighted by molar-refractivity contribution is 0.273. The van der Waals surface area contributed by atoms with Crippen molar-refractivity contribution in [2.75, 3.05) is 5.32 Å². The molecular formula is C18H12N2OS2. The number of para-hydroxylation sites is 1. The summed E-state index contributed by atoms with van der Waals surface area (Å²) in [7, 11) is 0. The molecule has 3 aliphatic rings. The number of fused-ring (bicyclic) bond motifs is 3. The van der Waals surface area contributed by atoms with E-state index < -0.39 is 0 Å². The lowest BCUT2D eigenvalue weighted by Gasteiger charge is -2.21. The zero-order chi connectivity index (χ0) is 15.2. The van der Waals surface area contributed by atoms with E-state index in [-0.39, 0.29) is 6.10 Å². The normalized spacial score (nSPS) is 22.0. The number of hydrogen-bond donors (Lipinski definition) is 1. The second-order valence-corrected chi connectivity index (χ2v) is 7.53. The Morgan fingerprint density at radius 2 is 2.17 bits per heavy atom. The van der Waals surface area contributed by atoms with Crippen molar-refractivity contribution in [3.05, 3.63) is 69.1 Å². The van der Waals surface area contributed by atoms with Crippen LogP contribution in [0.15, 0.2) is 64.1 Å². The van der Waals surface area contributed by atoms with Gasteiger partial charge in [0.1, 0.15) is 11.1 Å². The van der Waals surface area contributed by atoms with Crippen LogP contribution in [0.5, 0.6) is 5.88 Å². The quantitative estimate of drug-likeness (QED) is 0.801. The molecule has 0 radical (unpaired) electrons. The van der Waals surface area contributed by atoms with E-state index in [4.69, 9.17) is 4.74 Å². The Morgan fingerprint density at radius 1 is 1.22 bits per heavy atom. The van der Waals surface area contributed by atoms with Crippen LogP contribution >= 0.6 is 23.1 Å². The van der Waals surface area contributed by atoms with Crippen molar-refractivity contribution in [2.45, 2.75) is 11.0 Å².